The van der Waals surface area contributed by atoms with Crippen molar-refractivity contribution in [3.63, 3.8) is 0 Å². The number of aromatic amines is 1. The van der Waals surface area contributed by atoms with Crippen LogP contribution in [0.4, 0.5) is 5.69 Å². The SMILES string of the molecule is CC(=O)c1cc(Sc2nc(C)cc(=O)[nH]2)ccc1[N+](=O)[O-]. The Morgan fingerprint density at radius 2 is 2.10 bits per heavy atom. The smallest absolute Gasteiger partial charge is 0.280 e. The maximum atomic E-state index is 11.5. The third-order valence-corrected chi connectivity index (χ3v) is 3.48. The second-order valence-corrected chi connectivity index (χ2v) is 5.35. The van der Waals surface area contributed by atoms with E-state index in [1.165, 1.54) is 31.2 Å². The number of H-pyrrole nitrogens is 1. The van der Waals surface area contributed by atoms with Crippen molar-refractivity contribution in [1.29, 1.82) is 0 Å². The first-order valence-corrected chi connectivity index (χ1v) is 6.73. The van der Waals surface area contributed by atoms with E-state index in [0.717, 1.165) is 11.8 Å². The first-order chi connectivity index (χ1) is 9.86. The topological polar surface area (TPSA) is 106 Å². The summed E-state index contributed by atoms with van der Waals surface area (Å²) in [5, 5.41) is 11.2. The van der Waals surface area contributed by atoms with Crippen LogP contribution in [0, 0.1) is 17.0 Å². The molecule has 0 bridgehead atoms. The van der Waals surface area contributed by atoms with Crippen LogP contribution in [0.25, 0.3) is 0 Å². The number of aromatic nitrogens is 2. The molecule has 1 aromatic carbocycles. The molecule has 2 rings (SSSR count). The lowest BCUT2D eigenvalue weighted by molar-refractivity contribution is -0.385. The number of nitrogens with one attached hydrogen (secondary N) is 1. The molecule has 0 spiro atoms. The number of ketones is 1. The maximum Gasteiger partial charge on any atom is 0.280 e. The summed E-state index contributed by atoms with van der Waals surface area (Å²) in [6, 6.07) is 5.57. The third-order valence-electron chi connectivity index (χ3n) is 2.61. The van der Waals surface area contributed by atoms with Crippen LogP contribution >= 0.6 is 11.8 Å². The van der Waals surface area contributed by atoms with E-state index in [1.807, 2.05) is 0 Å². The Hall–Kier alpha value is -2.48. The van der Waals surface area contributed by atoms with Gasteiger partial charge in [-0.1, -0.05) is 11.8 Å². The fourth-order valence-corrected chi connectivity index (χ4v) is 2.61. The summed E-state index contributed by atoms with van der Waals surface area (Å²) < 4.78 is 0. The van der Waals surface area contributed by atoms with Crippen LogP contribution in [-0.2, 0) is 0 Å². The maximum absolute atomic E-state index is 11.5. The van der Waals surface area contributed by atoms with E-state index in [0.29, 0.717) is 15.7 Å². The lowest BCUT2D eigenvalue weighted by atomic mass is 10.1. The highest BCUT2D eigenvalue weighted by molar-refractivity contribution is 7.99. The van der Waals surface area contributed by atoms with Gasteiger partial charge in [0, 0.05) is 22.7 Å². The average molecular weight is 305 g/mol. The van der Waals surface area contributed by atoms with Gasteiger partial charge < -0.3 is 4.98 Å². The lowest BCUT2D eigenvalue weighted by Gasteiger charge is -2.04. The largest absolute Gasteiger partial charge is 0.301 e. The predicted octanol–water partition coefficient (Wildman–Crippen LogP) is 2.34. The Labute approximate surface area is 123 Å². The fraction of sp³-hybridized carbons (Fsp3) is 0.154. The second-order valence-electron chi connectivity index (χ2n) is 4.29. The summed E-state index contributed by atoms with van der Waals surface area (Å²) in [7, 11) is 0. The van der Waals surface area contributed by atoms with Crippen molar-refractivity contribution in [3.05, 3.63) is 56.0 Å². The molecule has 7 nitrogen and oxygen atoms in total. The number of aryl methyl sites for hydroxylation is 1. The van der Waals surface area contributed by atoms with E-state index in [4.69, 9.17) is 0 Å². The van der Waals surface area contributed by atoms with Gasteiger partial charge in [-0.25, -0.2) is 4.98 Å². The van der Waals surface area contributed by atoms with E-state index < -0.39 is 10.7 Å². The van der Waals surface area contributed by atoms with Crippen LogP contribution in [0.2, 0.25) is 0 Å². The number of hydrogen-bond acceptors (Lipinski definition) is 6. The van der Waals surface area contributed by atoms with Gasteiger partial charge >= 0.3 is 0 Å². The molecule has 8 heteroatoms. The number of hydrogen-bond donors (Lipinski definition) is 1. The Morgan fingerprint density at radius 1 is 1.38 bits per heavy atom. The normalized spacial score (nSPS) is 10.4. The molecule has 0 aliphatic rings. The Morgan fingerprint density at radius 3 is 2.67 bits per heavy atom. The standard InChI is InChI=1S/C13H11N3O4S/c1-7-5-12(18)15-13(14-7)21-9-3-4-11(16(19)20)10(6-9)8(2)17/h3-6H,1-2H3,(H,14,15,18). The number of carbonyl (C=O) groups is 1. The van der Waals surface area contributed by atoms with E-state index in [1.54, 1.807) is 6.92 Å². The highest BCUT2D eigenvalue weighted by atomic mass is 32.2. The molecular weight excluding hydrogens is 294 g/mol. The Bertz CT molecular complexity index is 785. The van der Waals surface area contributed by atoms with E-state index >= 15 is 0 Å². The van der Waals surface area contributed by atoms with Gasteiger partial charge in [0.15, 0.2) is 10.9 Å². The zero-order chi connectivity index (χ0) is 15.6. The van der Waals surface area contributed by atoms with Gasteiger partial charge in [0.2, 0.25) is 0 Å². The Kier molecular flexibility index (Phi) is 4.18. The van der Waals surface area contributed by atoms with Crippen molar-refractivity contribution in [2.75, 3.05) is 0 Å². The van der Waals surface area contributed by atoms with Gasteiger partial charge in [0.05, 0.1) is 10.5 Å². The van der Waals surface area contributed by atoms with Crippen molar-refractivity contribution >= 4 is 23.2 Å². The molecule has 0 unspecified atom stereocenters. The van der Waals surface area contributed by atoms with Crippen molar-refractivity contribution < 1.29 is 9.72 Å². The average Bonchev–Trinajstić information content (AvgIpc) is 2.36. The van der Waals surface area contributed by atoms with Crippen molar-refractivity contribution in [2.24, 2.45) is 0 Å². The summed E-state index contributed by atoms with van der Waals surface area (Å²) >= 11 is 1.13. The van der Waals surface area contributed by atoms with Crippen LogP contribution in [0.15, 0.2) is 39.1 Å². The molecule has 0 aliphatic heterocycles. The quantitative estimate of drug-likeness (QED) is 0.402. The van der Waals surface area contributed by atoms with E-state index in [2.05, 4.69) is 9.97 Å². The van der Waals surface area contributed by atoms with Crippen LogP contribution in [0.5, 0.6) is 0 Å². The first kappa shape index (κ1) is 14.9. The molecule has 0 fully saturated rings. The summed E-state index contributed by atoms with van der Waals surface area (Å²) in [5.41, 5.74) is 0.0752. The second kappa shape index (κ2) is 5.88. The summed E-state index contributed by atoms with van der Waals surface area (Å²) in [5.74, 6) is -0.394. The lowest BCUT2D eigenvalue weighted by Crippen LogP contribution is -2.08. The summed E-state index contributed by atoms with van der Waals surface area (Å²) in [6.45, 7) is 2.96. The van der Waals surface area contributed by atoms with Crippen molar-refractivity contribution in [1.82, 2.24) is 9.97 Å². The number of benzene rings is 1. The number of nitro groups is 1. The number of rotatable bonds is 4. The molecule has 1 N–H and O–H groups in total. The molecule has 108 valence electrons. The minimum absolute atomic E-state index is 0.0278. The van der Waals surface area contributed by atoms with Gasteiger partial charge in [-0.15, -0.1) is 0 Å². The number of nitro benzene ring substituents is 1. The van der Waals surface area contributed by atoms with Crippen LogP contribution in [-0.4, -0.2) is 20.7 Å². The molecule has 0 radical (unpaired) electrons. The molecule has 2 aromatic rings. The highest BCUT2D eigenvalue weighted by Crippen LogP contribution is 2.29. The van der Waals surface area contributed by atoms with Gasteiger partial charge in [-0.3, -0.25) is 19.7 Å². The van der Waals surface area contributed by atoms with Gasteiger partial charge in [0.25, 0.3) is 11.2 Å². The third kappa shape index (κ3) is 3.54. The van der Waals surface area contributed by atoms with Crippen LogP contribution in [0.3, 0.4) is 0 Å². The minimum atomic E-state index is -0.599. The zero-order valence-corrected chi connectivity index (χ0v) is 12.1. The molecular formula is C13H11N3O4S. The highest BCUT2D eigenvalue weighted by Gasteiger charge is 2.18. The summed E-state index contributed by atoms with van der Waals surface area (Å²) in [6.07, 6.45) is 0. The number of carbonyl (C=O) groups excluding carboxylic acids is 1. The van der Waals surface area contributed by atoms with Crippen LogP contribution in [0.1, 0.15) is 23.0 Å². The summed E-state index contributed by atoms with van der Waals surface area (Å²) in [4.78, 5) is 40.4. The molecule has 0 amide bonds. The Balaban J connectivity index is 2.41. The van der Waals surface area contributed by atoms with Gasteiger partial charge in [-0.05, 0) is 26.0 Å². The number of Topliss-reactive ketones (excluding diaryl/α,β-unsaturated/α-hetero) is 1. The van der Waals surface area contributed by atoms with Crippen molar-refractivity contribution in [3.8, 4) is 0 Å². The molecule has 0 saturated carbocycles. The molecule has 1 aromatic heterocycles. The van der Waals surface area contributed by atoms with Gasteiger partial charge in [-0.2, -0.15) is 0 Å². The fourth-order valence-electron chi connectivity index (χ4n) is 1.73. The molecule has 21 heavy (non-hydrogen) atoms. The van der Waals surface area contributed by atoms with E-state index in [-0.39, 0.29) is 16.8 Å². The van der Waals surface area contributed by atoms with Crippen molar-refractivity contribution in [2.45, 2.75) is 23.9 Å². The van der Waals surface area contributed by atoms with Crippen LogP contribution < -0.4 is 5.56 Å². The van der Waals surface area contributed by atoms with E-state index in [9.17, 15) is 19.7 Å². The first-order valence-electron chi connectivity index (χ1n) is 5.92. The molecule has 1 heterocycles. The molecule has 0 aliphatic carbocycles. The predicted molar refractivity (Wildman–Crippen MR) is 76.8 cm³/mol. The minimum Gasteiger partial charge on any atom is -0.301 e. The molecule has 0 saturated heterocycles. The monoisotopic (exact) mass is 305 g/mol. The zero-order valence-electron chi connectivity index (χ0n) is 11.2. The van der Waals surface area contributed by atoms with Gasteiger partial charge in [0.1, 0.15) is 0 Å². The number of nitrogens with zero attached hydrogens (tertiary/aromatic N) is 2. The molecule has 0 atom stereocenters.